The Morgan fingerprint density at radius 1 is 1.33 bits per heavy atom. The van der Waals surface area contributed by atoms with Crippen LogP contribution < -0.4 is 4.90 Å². The maximum atomic E-state index is 10.5. The number of aromatic nitrogens is 4. The molecule has 0 aliphatic heterocycles. The minimum absolute atomic E-state index is 0.222. The number of rotatable bonds is 6. The van der Waals surface area contributed by atoms with Gasteiger partial charge >= 0.3 is 0 Å². The van der Waals surface area contributed by atoms with Gasteiger partial charge in [0.05, 0.1) is 7.18 Å². The highest BCUT2D eigenvalue weighted by Gasteiger charge is 2.08. The third-order valence-electron chi connectivity index (χ3n) is 2.82. The minimum Gasteiger partial charge on any atom is -0.357 e. The van der Waals surface area contributed by atoms with E-state index in [0.29, 0.717) is 19.3 Å². The summed E-state index contributed by atoms with van der Waals surface area (Å²) in [7, 11) is 0.500. The molecule has 2 aromatic heterocycles. The zero-order chi connectivity index (χ0) is 15.7. The van der Waals surface area contributed by atoms with E-state index in [-0.39, 0.29) is 5.82 Å². The highest BCUT2D eigenvalue weighted by Crippen LogP contribution is 2.17. The van der Waals surface area contributed by atoms with Crippen molar-refractivity contribution < 1.29 is 9.18 Å². The molecule has 0 unspecified atom stereocenters. The van der Waals surface area contributed by atoms with Crippen LogP contribution in [0.2, 0.25) is 0 Å². The Balaban J connectivity index is 0.00000106. The maximum absolute atomic E-state index is 10.5. The Kier molecular flexibility index (Phi) is 7.00. The number of nitrogens with zero attached hydrogens (tertiary/aromatic N) is 4. The van der Waals surface area contributed by atoms with E-state index in [9.17, 15) is 9.18 Å². The largest absolute Gasteiger partial charge is 0.357 e. The first-order chi connectivity index (χ1) is 10.3. The van der Waals surface area contributed by atoms with Gasteiger partial charge in [-0.2, -0.15) is 5.10 Å². The van der Waals surface area contributed by atoms with Crippen LogP contribution >= 0.6 is 0 Å². The SMILES string of the molecule is CCCN(CC)c1ccc(-c2n[nH]c(C=O)n2)cn1.CF. The van der Waals surface area contributed by atoms with E-state index >= 15 is 0 Å². The molecule has 0 spiro atoms. The summed E-state index contributed by atoms with van der Waals surface area (Å²) in [6, 6.07) is 3.86. The first-order valence-electron chi connectivity index (χ1n) is 6.75. The summed E-state index contributed by atoms with van der Waals surface area (Å²) in [6.07, 6.45) is 3.45. The molecule has 2 heterocycles. The fraction of sp³-hybridized carbons (Fsp3) is 0.429. The van der Waals surface area contributed by atoms with Crippen molar-refractivity contribution in [2.75, 3.05) is 25.2 Å². The van der Waals surface area contributed by atoms with Gasteiger partial charge in [0.15, 0.2) is 17.9 Å². The number of hydrogen-bond donors (Lipinski definition) is 1. The molecule has 0 aromatic carbocycles. The van der Waals surface area contributed by atoms with E-state index in [2.05, 4.69) is 38.9 Å². The van der Waals surface area contributed by atoms with Crippen molar-refractivity contribution in [3.8, 4) is 11.4 Å². The van der Waals surface area contributed by atoms with Crippen LogP contribution in [-0.4, -0.2) is 46.7 Å². The van der Waals surface area contributed by atoms with Gasteiger partial charge in [-0.15, -0.1) is 0 Å². The average molecular weight is 293 g/mol. The smallest absolute Gasteiger partial charge is 0.189 e. The summed E-state index contributed by atoms with van der Waals surface area (Å²) in [4.78, 5) is 21.2. The lowest BCUT2D eigenvalue weighted by Gasteiger charge is -2.20. The van der Waals surface area contributed by atoms with E-state index in [1.807, 2.05) is 12.1 Å². The molecule has 0 atom stereocenters. The molecule has 0 aliphatic rings. The van der Waals surface area contributed by atoms with Gasteiger partial charge < -0.3 is 4.90 Å². The Labute approximate surface area is 123 Å². The van der Waals surface area contributed by atoms with Gasteiger partial charge in [0.1, 0.15) is 5.82 Å². The number of halogens is 1. The van der Waals surface area contributed by atoms with Crippen LogP contribution in [0.4, 0.5) is 10.2 Å². The molecule has 6 nitrogen and oxygen atoms in total. The summed E-state index contributed by atoms with van der Waals surface area (Å²) in [5.74, 6) is 1.65. The lowest BCUT2D eigenvalue weighted by Crippen LogP contribution is -2.24. The first kappa shape index (κ1) is 16.7. The Morgan fingerprint density at radius 2 is 2.10 bits per heavy atom. The van der Waals surface area contributed by atoms with Gasteiger partial charge in [0.2, 0.25) is 0 Å². The van der Waals surface area contributed by atoms with Gasteiger partial charge in [0, 0.05) is 24.8 Å². The van der Waals surface area contributed by atoms with E-state index in [0.717, 1.165) is 30.9 Å². The van der Waals surface area contributed by atoms with Crippen molar-refractivity contribution in [3.05, 3.63) is 24.2 Å². The fourth-order valence-electron chi connectivity index (χ4n) is 1.87. The molecule has 21 heavy (non-hydrogen) atoms. The van der Waals surface area contributed by atoms with Crippen molar-refractivity contribution in [1.29, 1.82) is 0 Å². The number of hydrogen-bond acceptors (Lipinski definition) is 5. The fourth-order valence-corrected chi connectivity index (χ4v) is 1.87. The number of anilines is 1. The number of nitrogens with one attached hydrogen (secondary N) is 1. The first-order valence-corrected chi connectivity index (χ1v) is 6.75. The van der Waals surface area contributed by atoms with E-state index in [1.54, 1.807) is 6.20 Å². The summed E-state index contributed by atoms with van der Waals surface area (Å²) >= 11 is 0. The normalized spacial score (nSPS) is 9.71. The number of carbonyl (C=O) groups excluding carboxylic acids is 1. The summed E-state index contributed by atoms with van der Waals surface area (Å²) in [6.45, 7) is 6.16. The second-order valence-corrected chi connectivity index (χ2v) is 4.15. The second-order valence-electron chi connectivity index (χ2n) is 4.15. The van der Waals surface area contributed by atoms with Crippen LogP contribution in [-0.2, 0) is 0 Å². The van der Waals surface area contributed by atoms with Crippen LogP contribution in [0.3, 0.4) is 0 Å². The molecule has 0 bridgehead atoms. The van der Waals surface area contributed by atoms with Crippen molar-refractivity contribution in [3.63, 3.8) is 0 Å². The molecule has 7 heteroatoms. The van der Waals surface area contributed by atoms with Gasteiger partial charge in [0.25, 0.3) is 0 Å². The summed E-state index contributed by atoms with van der Waals surface area (Å²) < 4.78 is 9.50. The Morgan fingerprint density at radius 3 is 2.57 bits per heavy atom. The summed E-state index contributed by atoms with van der Waals surface area (Å²) in [5, 5.41) is 6.52. The van der Waals surface area contributed by atoms with Crippen molar-refractivity contribution in [1.82, 2.24) is 20.2 Å². The molecule has 0 saturated heterocycles. The molecule has 0 amide bonds. The monoisotopic (exact) mass is 293 g/mol. The van der Waals surface area contributed by atoms with Crippen LogP contribution in [0.5, 0.6) is 0 Å². The highest BCUT2D eigenvalue weighted by atomic mass is 19.1. The number of aromatic amines is 1. The molecule has 2 rings (SSSR count). The predicted octanol–water partition coefficient (Wildman–Crippen LogP) is 2.50. The van der Waals surface area contributed by atoms with Crippen LogP contribution in [0.25, 0.3) is 11.4 Å². The number of alkyl halides is 1. The van der Waals surface area contributed by atoms with Crippen molar-refractivity contribution >= 4 is 12.1 Å². The van der Waals surface area contributed by atoms with Crippen LogP contribution in [0.15, 0.2) is 18.3 Å². The molecule has 0 aliphatic carbocycles. The van der Waals surface area contributed by atoms with E-state index in [1.165, 1.54) is 0 Å². The topological polar surface area (TPSA) is 74.8 Å². The minimum atomic E-state index is 0.222. The standard InChI is InChI=1S/C13H17N5O.CH3F/c1-3-7-18(4-2)12-6-5-10(8-14-12)13-15-11(9-19)16-17-13;1-2/h5-6,8-9H,3-4,7H2,1-2H3,(H,15,16,17);1H3. The van der Waals surface area contributed by atoms with Crippen molar-refractivity contribution in [2.24, 2.45) is 0 Å². The molecule has 1 N–H and O–H groups in total. The molecule has 0 saturated carbocycles. The van der Waals surface area contributed by atoms with Crippen molar-refractivity contribution in [2.45, 2.75) is 20.3 Å². The third kappa shape index (κ3) is 4.34. The number of H-pyrrole nitrogens is 1. The molecule has 114 valence electrons. The van der Waals surface area contributed by atoms with Crippen LogP contribution in [0.1, 0.15) is 30.9 Å². The average Bonchev–Trinajstić information content (AvgIpc) is 3.04. The zero-order valence-corrected chi connectivity index (χ0v) is 12.5. The number of carbonyl (C=O) groups is 1. The summed E-state index contributed by atoms with van der Waals surface area (Å²) in [5.41, 5.74) is 0.792. The molecular weight excluding hydrogens is 273 g/mol. The maximum Gasteiger partial charge on any atom is 0.189 e. The number of pyridine rings is 1. The lowest BCUT2D eigenvalue weighted by molar-refractivity contribution is 0.111. The second kappa shape index (κ2) is 8.78. The molecule has 0 radical (unpaired) electrons. The predicted molar refractivity (Wildman–Crippen MR) is 80.2 cm³/mol. The molecule has 0 fully saturated rings. The van der Waals surface area contributed by atoms with Gasteiger partial charge in [-0.05, 0) is 25.5 Å². The molecule has 2 aromatic rings. The van der Waals surface area contributed by atoms with Gasteiger partial charge in [-0.3, -0.25) is 14.3 Å². The van der Waals surface area contributed by atoms with Gasteiger partial charge in [-0.25, -0.2) is 9.97 Å². The number of aldehydes is 1. The van der Waals surface area contributed by atoms with E-state index < -0.39 is 0 Å². The highest BCUT2D eigenvalue weighted by molar-refractivity contribution is 5.70. The Bertz CT molecular complexity index is 541. The lowest BCUT2D eigenvalue weighted by atomic mass is 10.2. The van der Waals surface area contributed by atoms with E-state index in [4.69, 9.17) is 0 Å². The Hall–Kier alpha value is -2.31. The zero-order valence-electron chi connectivity index (χ0n) is 12.5. The van der Waals surface area contributed by atoms with Gasteiger partial charge in [-0.1, -0.05) is 6.92 Å². The molecular formula is C14H20FN5O. The quantitative estimate of drug-likeness (QED) is 0.828. The van der Waals surface area contributed by atoms with Crippen LogP contribution in [0, 0.1) is 0 Å². The third-order valence-corrected chi connectivity index (χ3v) is 2.82.